The molecule has 1 aromatic carbocycles. The van der Waals surface area contributed by atoms with Gasteiger partial charge in [-0.25, -0.2) is 4.52 Å². The van der Waals surface area contributed by atoms with Crippen molar-refractivity contribution in [2.45, 2.75) is 25.9 Å². The largest absolute Gasteiger partial charge is 0.493 e. The Morgan fingerprint density at radius 1 is 1.15 bits per heavy atom. The van der Waals surface area contributed by atoms with E-state index in [-0.39, 0.29) is 11.9 Å². The predicted molar refractivity (Wildman–Crippen MR) is 105 cm³/mol. The molecular formula is C20H20BrN3O3. The van der Waals surface area contributed by atoms with E-state index in [1.54, 1.807) is 18.7 Å². The van der Waals surface area contributed by atoms with E-state index in [9.17, 15) is 4.79 Å². The number of carbonyl (C=O) groups is 1. The summed E-state index contributed by atoms with van der Waals surface area (Å²) < 4.78 is 13.4. The number of nitrogens with zero attached hydrogens (tertiary/aromatic N) is 3. The van der Waals surface area contributed by atoms with Crippen LogP contribution < -0.4 is 9.47 Å². The Kier molecular flexibility index (Phi) is 4.55. The Morgan fingerprint density at radius 3 is 2.56 bits per heavy atom. The number of fused-ring (bicyclic) bond motifs is 2. The molecule has 0 aliphatic carbocycles. The molecule has 7 heteroatoms. The molecule has 0 radical (unpaired) electrons. The summed E-state index contributed by atoms with van der Waals surface area (Å²) in [5, 5.41) is 4.45. The molecule has 1 amide bonds. The number of amides is 1. The number of benzene rings is 1. The lowest BCUT2D eigenvalue weighted by Crippen LogP contribution is -2.42. The first-order valence-corrected chi connectivity index (χ1v) is 9.49. The molecule has 0 spiro atoms. The van der Waals surface area contributed by atoms with Crippen LogP contribution in [-0.4, -0.2) is 40.7 Å². The highest BCUT2D eigenvalue weighted by Gasteiger charge is 2.30. The summed E-state index contributed by atoms with van der Waals surface area (Å²) in [6, 6.07) is 9.73. The number of pyridine rings is 1. The van der Waals surface area contributed by atoms with Gasteiger partial charge >= 0.3 is 0 Å². The van der Waals surface area contributed by atoms with Gasteiger partial charge < -0.3 is 14.4 Å². The van der Waals surface area contributed by atoms with Crippen molar-refractivity contribution < 1.29 is 14.3 Å². The van der Waals surface area contributed by atoms with E-state index in [2.05, 4.69) is 28.0 Å². The van der Waals surface area contributed by atoms with E-state index in [0.717, 1.165) is 22.0 Å². The van der Waals surface area contributed by atoms with E-state index in [1.807, 2.05) is 41.4 Å². The van der Waals surface area contributed by atoms with E-state index in [0.29, 0.717) is 23.7 Å². The van der Waals surface area contributed by atoms with Gasteiger partial charge in [-0.1, -0.05) is 0 Å². The fourth-order valence-electron chi connectivity index (χ4n) is 3.55. The van der Waals surface area contributed by atoms with Gasteiger partial charge in [0.25, 0.3) is 5.91 Å². The first kappa shape index (κ1) is 17.9. The predicted octanol–water partition coefficient (Wildman–Crippen LogP) is 3.70. The molecule has 1 aliphatic rings. The maximum Gasteiger partial charge on any atom is 0.274 e. The molecule has 4 rings (SSSR count). The smallest absolute Gasteiger partial charge is 0.274 e. The van der Waals surface area contributed by atoms with Crippen molar-refractivity contribution in [1.82, 2.24) is 14.5 Å². The Bertz CT molecular complexity index is 1030. The van der Waals surface area contributed by atoms with Crippen molar-refractivity contribution in [1.29, 1.82) is 0 Å². The zero-order valence-electron chi connectivity index (χ0n) is 15.4. The standard InChI is InChI=1S/C20H20BrN3O3/c1-12-6-13-7-18(26-2)19(27-3)8-14(13)10-23(12)20(25)17-9-16-5-4-15(21)11-24(16)22-17/h4-5,7-9,11-12H,6,10H2,1-3H3. The van der Waals surface area contributed by atoms with Crippen molar-refractivity contribution in [3.05, 3.63) is 57.8 Å². The number of rotatable bonds is 3. The summed E-state index contributed by atoms with van der Waals surface area (Å²) >= 11 is 3.43. The third kappa shape index (κ3) is 3.16. The Balaban J connectivity index is 1.66. The van der Waals surface area contributed by atoms with Crippen LogP contribution >= 0.6 is 15.9 Å². The molecule has 0 saturated heterocycles. The number of aromatic nitrogens is 2. The molecule has 2 aromatic heterocycles. The molecule has 0 bridgehead atoms. The minimum absolute atomic E-state index is 0.0669. The second-order valence-electron chi connectivity index (χ2n) is 6.71. The second-order valence-corrected chi connectivity index (χ2v) is 7.62. The third-order valence-electron chi connectivity index (χ3n) is 5.00. The molecule has 1 aliphatic heterocycles. The van der Waals surface area contributed by atoms with E-state index in [4.69, 9.17) is 9.47 Å². The first-order chi connectivity index (χ1) is 13.0. The minimum atomic E-state index is -0.0669. The Morgan fingerprint density at radius 2 is 1.85 bits per heavy atom. The maximum atomic E-state index is 13.1. The number of halogens is 1. The minimum Gasteiger partial charge on any atom is -0.493 e. The Labute approximate surface area is 165 Å². The van der Waals surface area contributed by atoms with Crippen molar-refractivity contribution in [2.24, 2.45) is 0 Å². The van der Waals surface area contributed by atoms with Gasteiger partial charge in [-0.15, -0.1) is 0 Å². The van der Waals surface area contributed by atoms with Gasteiger partial charge in [-0.2, -0.15) is 5.10 Å². The topological polar surface area (TPSA) is 56.1 Å². The zero-order valence-corrected chi connectivity index (χ0v) is 17.0. The van der Waals surface area contributed by atoms with Gasteiger partial charge in [0.15, 0.2) is 17.2 Å². The lowest BCUT2D eigenvalue weighted by molar-refractivity contribution is 0.0651. The molecule has 0 N–H and O–H groups in total. The molecule has 3 heterocycles. The fourth-order valence-corrected chi connectivity index (χ4v) is 3.88. The average Bonchev–Trinajstić information content (AvgIpc) is 3.09. The van der Waals surface area contributed by atoms with E-state index in [1.165, 1.54) is 5.56 Å². The third-order valence-corrected chi connectivity index (χ3v) is 5.47. The number of hydrogen-bond acceptors (Lipinski definition) is 4. The van der Waals surface area contributed by atoms with Crippen LogP contribution in [0.15, 0.2) is 41.0 Å². The van der Waals surface area contributed by atoms with Crippen LogP contribution in [0.2, 0.25) is 0 Å². The molecule has 0 saturated carbocycles. The molecule has 140 valence electrons. The number of hydrogen-bond donors (Lipinski definition) is 0. The van der Waals surface area contributed by atoms with Crippen molar-refractivity contribution in [3.8, 4) is 11.5 Å². The van der Waals surface area contributed by atoms with Crippen LogP contribution in [-0.2, 0) is 13.0 Å². The van der Waals surface area contributed by atoms with Gasteiger partial charge in [0.05, 0.1) is 19.7 Å². The SMILES string of the molecule is COc1cc2c(cc1OC)CN(C(=O)c1cc3ccc(Br)cn3n1)C(C)C2. The van der Waals surface area contributed by atoms with Gasteiger partial charge in [-0.05, 0) is 70.7 Å². The molecule has 0 fully saturated rings. The molecule has 1 unspecified atom stereocenters. The van der Waals surface area contributed by atoms with Crippen LogP contribution in [0.5, 0.6) is 11.5 Å². The van der Waals surface area contributed by atoms with Gasteiger partial charge in [0, 0.05) is 23.3 Å². The van der Waals surface area contributed by atoms with Crippen molar-refractivity contribution >= 4 is 27.4 Å². The van der Waals surface area contributed by atoms with Crippen molar-refractivity contribution in [3.63, 3.8) is 0 Å². The van der Waals surface area contributed by atoms with Gasteiger partial charge in [0.2, 0.25) is 0 Å². The highest BCUT2D eigenvalue weighted by molar-refractivity contribution is 9.10. The number of ether oxygens (including phenoxy) is 2. The van der Waals surface area contributed by atoms with Crippen LogP contribution in [0.25, 0.3) is 5.52 Å². The van der Waals surface area contributed by atoms with E-state index >= 15 is 0 Å². The van der Waals surface area contributed by atoms with Crippen LogP contribution in [0.1, 0.15) is 28.5 Å². The van der Waals surface area contributed by atoms with Crippen LogP contribution in [0.3, 0.4) is 0 Å². The summed E-state index contributed by atoms with van der Waals surface area (Å²) in [5.41, 5.74) is 3.59. The van der Waals surface area contributed by atoms with Gasteiger partial charge in [0.1, 0.15) is 0 Å². The quantitative estimate of drug-likeness (QED) is 0.636. The lowest BCUT2D eigenvalue weighted by atomic mass is 9.94. The molecule has 1 atom stereocenters. The van der Waals surface area contributed by atoms with Crippen LogP contribution in [0, 0.1) is 0 Å². The zero-order chi connectivity index (χ0) is 19.1. The second kappa shape index (κ2) is 6.88. The summed E-state index contributed by atoms with van der Waals surface area (Å²) in [4.78, 5) is 15.0. The van der Waals surface area contributed by atoms with Crippen molar-refractivity contribution in [2.75, 3.05) is 14.2 Å². The van der Waals surface area contributed by atoms with E-state index < -0.39 is 0 Å². The number of methoxy groups -OCH3 is 2. The summed E-state index contributed by atoms with van der Waals surface area (Å²) in [6.45, 7) is 2.58. The first-order valence-electron chi connectivity index (χ1n) is 8.70. The summed E-state index contributed by atoms with van der Waals surface area (Å²) in [6.07, 6.45) is 2.61. The normalized spacial score (nSPS) is 16.3. The molecule has 6 nitrogen and oxygen atoms in total. The molecule has 3 aromatic rings. The van der Waals surface area contributed by atoms with Gasteiger partial charge in [-0.3, -0.25) is 4.79 Å². The maximum absolute atomic E-state index is 13.1. The Hall–Kier alpha value is -2.54. The lowest BCUT2D eigenvalue weighted by Gasteiger charge is -2.35. The molecular weight excluding hydrogens is 410 g/mol. The summed E-state index contributed by atoms with van der Waals surface area (Å²) in [5.74, 6) is 1.33. The average molecular weight is 430 g/mol. The summed E-state index contributed by atoms with van der Waals surface area (Å²) in [7, 11) is 3.25. The fraction of sp³-hybridized carbons (Fsp3) is 0.300. The highest BCUT2D eigenvalue weighted by Crippen LogP contribution is 2.35. The number of carbonyl (C=O) groups excluding carboxylic acids is 1. The van der Waals surface area contributed by atoms with Crippen LogP contribution in [0.4, 0.5) is 0 Å². The molecule has 27 heavy (non-hydrogen) atoms. The monoisotopic (exact) mass is 429 g/mol. The highest BCUT2D eigenvalue weighted by atomic mass is 79.9.